The van der Waals surface area contributed by atoms with Crippen molar-refractivity contribution >= 4 is 6.29 Å². The highest BCUT2D eigenvalue weighted by molar-refractivity contribution is 5.72. The van der Waals surface area contributed by atoms with Crippen LogP contribution in [0, 0.1) is 0 Å². The maximum Gasteiger partial charge on any atom is 0.145 e. The van der Waals surface area contributed by atoms with E-state index in [0.29, 0.717) is 0 Å². The smallest absolute Gasteiger partial charge is 0.145 e. The lowest BCUT2D eigenvalue weighted by atomic mass is 10.0. The van der Waals surface area contributed by atoms with E-state index in [2.05, 4.69) is 19.9 Å². The summed E-state index contributed by atoms with van der Waals surface area (Å²) >= 11 is 0. The molecule has 0 aliphatic heterocycles. The van der Waals surface area contributed by atoms with Gasteiger partial charge in [-0.3, -0.25) is 4.79 Å². The molecule has 0 rings (SSSR count). The molecular weight excluding hydrogens is 400 g/mol. The molecule has 196 valence electrons. The molecule has 0 unspecified atom stereocenters. The number of hydrogen-bond acceptors (Lipinski definition) is 1. The first-order valence-electron chi connectivity index (χ1n) is 15.5. The molecule has 0 aromatic heterocycles. The van der Waals surface area contributed by atoms with Crippen molar-refractivity contribution in [1.82, 2.24) is 0 Å². The van der Waals surface area contributed by atoms with Gasteiger partial charge >= 0.3 is 0 Å². The SMILES string of the molecule is CCCCCCCCCCCCCCC/C=C(\C=O)CCCCCCCCCCCCCC. The molecule has 0 saturated carbocycles. The highest BCUT2D eigenvalue weighted by atomic mass is 16.1. The minimum Gasteiger partial charge on any atom is -0.298 e. The van der Waals surface area contributed by atoms with Gasteiger partial charge in [-0.15, -0.1) is 0 Å². The molecule has 0 aliphatic rings. The van der Waals surface area contributed by atoms with E-state index in [9.17, 15) is 4.79 Å². The molecule has 0 bridgehead atoms. The zero-order valence-corrected chi connectivity index (χ0v) is 23.2. The summed E-state index contributed by atoms with van der Waals surface area (Å²) in [4.78, 5) is 11.3. The lowest BCUT2D eigenvalue weighted by molar-refractivity contribution is -0.105. The summed E-state index contributed by atoms with van der Waals surface area (Å²) in [6, 6.07) is 0. The maximum absolute atomic E-state index is 11.3. The molecule has 0 fully saturated rings. The first kappa shape index (κ1) is 32.4. The van der Waals surface area contributed by atoms with Gasteiger partial charge in [-0.1, -0.05) is 168 Å². The van der Waals surface area contributed by atoms with Crippen LogP contribution in [0.25, 0.3) is 0 Å². The van der Waals surface area contributed by atoms with Gasteiger partial charge in [-0.2, -0.15) is 0 Å². The van der Waals surface area contributed by atoms with Crippen molar-refractivity contribution in [2.75, 3.05) is 0 Å². The minimum atomic E-state index is 0.999. The Labute approximate surface area is 210 Å². The number of rotatable bonds is 28. The van der Waals surface area contributed by atoms with E-state index >= 15 is 0 Å². The van der Waals surface area contributed by atoms with Crippen LogP contribution in [0.3, 0.4) is 0 Å². The molecule has 0 aromatic carbocycles. The molecule has 0 aromatic rings. The molecule has 0 amide bonds. The lowest BCUT2D eigenvalue weighted by Gasteiger charge is -2.04. The Bertz CT molecular complexity index is 397. The van der Waals surface area contributed by atoms with Gasteiger partial charge in [-0.25, -0.2) is 0 Å². The summed E-state index contributed by atoms with van der Waals surface area (Å²) in [6.07, 6.45) is 40.2. The molecule has 0 heterocycles. The third kappa shape index (κ3) is 27.5. The number of hydrogen-bond donors (Lipinski definition) is 0. The summed E-state index contributed by atoms with van der Waals surface area (Å²) in [5.41, 5.74) is 1.06. The quantitative estimate of drug-likeness (QED) is 0.0641. The highest BCUT2D eigenvalue weighted by Crippen LogP contribution is 2.16. The van der Waals surface area contributed by atoms with E-state index in [1.165, 1.54) is 161 Å². The minimum absolute atomic E-state index is 0.999. The van der Waals surface area contributed by atoms with Crippen LogP contribution in [0.4, 0.5) is 0 Å². The molecule has 0 saturated heterocycles. The van der Waals surface area contributed by atoms with Crippen LogP contribution in [0.1, 0.15) is 187 Å². The van der Waals surface area contributed by atoms with Crippen LogP contribution < -0.4 is 0 Å². The Morgan fingerprint density at radius 2 is 0.727 bits per heavy atom. The Morgan fingerprint density at radius 3 is 1.06 bits per heavy atom. The summed E-state index contributed by atoms with van der Waals surface area (Å²) < 4.78 is 0. The topological polar surface area (TPSA) is 17.1 Å². The van der Waals surface area contributed by atoms with Crippen molar-refractivity contribution in [2.24, 2.45) is 0 Å². The van der Waals surface area contributed by atoms with Gasteiger partial charge in [0.1, 0.15) is 6.29 Å². The van der Waals surface area contributed by atoms with Gasteiger partial charge in [0, 0.05) is 0 Å². The Balaban J connectivity index is 3.36. The maximum atomic E-state index is 11.3. The third-order valence-electron chi connectivity index (χ3n) is 7.18. The average Bonchev–Trinajstić information content (AvgIpc) is 2.83. The van der Waals surface area contributed by atoms with Crippen molar-refractivity contribution in [3.63, 3.8) is 0 Å². The fourth-order valence-electron chi connectivity index (χ4n) is 4.83. The standard InChI is InChI=1S/C32H62O/c1-3-5-7-9-11-13-15-17-18-20-22-24-26-28-30-32(31-33)29-27-25-23-21-19-16-14-12-10-8-6-4-2/h30-31H,3-29H2,1-2H3/b32-30-. The number of unbranched alkanes of at least 4 members (excludes halogenated alkanes) is 24. The largest absolute Gasteiger partial charge is 0.298 e. The van der Waals surface area contributed by atoms with Crippen LogP contribution in [0.5, 0.6) is 0 Å². The molecule has 1 nitrogen and oxygen atoms in total. The molecule has 33 heavy (non-hydrogen) atoms. The molecule has 0 radical (unpaired) electrons. The average molecular weight is 463 g/mol. The predicted molar refractivity (Wildman–Crippen MR) is 150 cm³/mol. The molecule has 0 spiro atoms. The van der Waals surface area contributed by atoms with Crippen LogP contribution in [0.2, 0.25) is 0 Å². The van der Waals surface area contributed by atoms with E-state index in [-0.39, 0.29) is 0 Å². The molecular formula is C32H62O. The van der Waals surface area contributed by atoms with Crippen molar-refractivity contribution in [1.29, 1.82) is 0 Å². The van der Waals surface area contributed by atoms with Gasteiger partial charge in [0.2, 0.25) is 0 Å². The fourth-order valence-corrected chi connectivity index (χ4v) is 4.83. The first-order chi connectivity index (χ1) is 16.3. The number of carbonyl (C=O) groups is 1. The predicted octanol–water partition coefficient (Wildman–Crippen LogP) is 11.7. The van der Waals surface area contributed by atoms with Gasteiger partial charge in [0.05, 0.1) is 0 Å². The van der Waals surface area contributed by atoms with E-state index in [4.69, 9.17) is 0 Å². The first-order valence-corrected chi connectivity index (χ1v) is 15.5. The van der Waals surface area contributed by atoms with Crippen molar-refractivity contribution in [3.8, 4) is 0 Å². The summed E-state index contributed by atoms with van der Waals surface area (Å²) in [6.45, 7) is 4.58. The van der Waals surface area contributed by atoms with E-state index < -0.39 is 0 Å². The zero-order valence-electron chi connectivity index (χ0n) is 23.2. The van der Waals surface area contributed by atoms with Gasteiger partial charge in [0.15, 0.2) is 0 Å². The van der Waals surface area contributed by atoms with Gasteiger partial charge < -0.3 is 0 Å². The van der Waals surface area contributed by atoms with Crippen LogP contribution in [0.15, 0.2) is 11.6 Å². The Morgan fingerprint density at radius 1 is 0.424 bits per heavy atom. The van der Waals surface area contributed by atoms with Gasteiger partial charge in [-0.05, 0) is 31.3 Å². The number of allylic oxidation sites excluding steroid dienone is 2. The Kier molecular flexibility index (Phi) is 28.9. The summed E-state index contributed by atoms with van der Waals surface area (Å²) in [7, 11) is 0. The lowest BCUT2D eigenvalue weighted by Crippen LogP contribution is -1.88. The number of carbonyl (C=O) groups excluding carboxylic acids is 1. The Hall–Kier alpha value is -0.590. The highest BCUT2D eigenvalue weighted by Gasteiger charge is 1.98. The van der Waals surface area contributed by atoms with E-state index in [1.807, 2.05) is 0 Å². The van der Waals surface area contributed by atoms with Crippen LogP contribution in [-0.2, 0) is 4.79 Å². The fraction of sp³-hybridized carbons (Fsp3) is 0.906. The van der Waals surface area contributed by atoms with Crippen molar-refractivity contribution in [3.05, 3.63) is 11.6 Å². The van der Waals surface area contributed by atoms with Crippen molar-refractivity contribution in [2.45, 2.75) is 187 Å². The molecule has 0 N–H and O–H groups in total. The molecule has 1 heteroatoms. The van der Waals surface area contributed by atoms with E-state index in [1.54, 1.807) is 0 Å². The second kappa shape index (κ2) is 29.4. The molecule has 0 aliphatic carbocycles. The number of aldehydes is 1. The van der Waals surface area contributed by atoms with E-state index in [0.717, 1.165) is 24.7 Å². The van der Waals surface area contributed by atoms with Crippen LogP contribution >= 0.6 is 0 Å². The zero-order chi connectivity index (χ0) is 24.1. The van der Waals surface area contributed by atoms with Crippen LogP contribution in [-0.4, -0.2) is 6.29 Å². The summed E-state index contributed by atoms with van der Waals surface area (Å²) in [5.74, 6) is 0. The molecule has 0 atom stereocenters. The van der Waals surface area contributed by atoms with Gasteiger partial charge in [0.25, 0.3) is 0 Å². The monoisotopic (exact) mass is 462 g/mol. The second-order valence-electron chi connectivity index (χ2n) is 10.6. The second-order valence-corrected chi connectivity index (χ2v) is 10.6. The third-order valence-corrected chi connectivity index (χ3v) is 7.18. The normalized spacial score (nSPS) is 11.9. The van der Waals surface area contributed by atoms with Crippen molar-refractivity contribution < 1.29 is 4.79 Å². The summed E-state index contributed by atoms with van der Waals surface area (Å²) in [5, 5.41) is 0.